The Bertz CT molecular complexity index is 311. The van der Waals surface area contributed by atoms with E-state index in [1.54, 1.807) is 6.92 Å². The van der Waals surface area contributed by atoms with Crippen molar-refractivity contribution in [2.45, 2.75) is 58.0 Å². The molecule has 4 N–H and O–H groups in total. The third-order valence-corrected chi connectivity index (χ3v) is 2.64. The minimum Gasteiger partial charge on any atom is -0.463 e. The Morgan fingerprint density at radius 1 is 1.45 bits per heavy atom. The van der Waals surface area contributed by atoms with Crippen molar-refractivity contribution in [1.29, 1.82) is 0 Å². The van der Waals surface area contributed by atoms with Crippen molar-refractivity contribution in [1.82, 2.24) is 0 Å². The van der Waals surface area contributed by atoms with Crippen LogP contribution in [0.1, 0.15) is 40.0 Å². The number of carbonyl (C=O) groups excluding carboxylic acids is 1. The van der Waals surface area contributed by atoms with Gasteiger partial charge in [0, 0.05) is 12.1 Å². The molecule has 0 aliphatic rings. The van der Waals surface area contributed by atoms with Crippen LogP contribution in [-0.4, -0.2) is 47.3 Å². The zero-order valence-corrected chi connectivity index (χ0v) is 12.6. The van der Waals surface area contributed by atoms with Crippen molar-refractivity contribution in [3.05, 3.63) is 12.2 Å². The van der Waals surface area contributed by atoms with E-state index in [0.717, 1.165) is 0 Å². The van der Waals surface area contributed by atoms with Gasteiger partial charge in [0.25, 0.3) is 0 Å². The SMILES string of the molecule is C=C(CCCC(OC(C)(C)O)[C@H](O)CN)C(=O)OCC. The number of nitrogens with two attached hydrogens (primary N) is 1. The first-order valence-corrected chi connectivity index (χ1v) is 6.84. The Morgan fingerprint density at radius 2 is 2.05 bits per heavy atom. The van der Waals surface area contributed by atoms with Crippen LogP contribution in [0.3, 0.4) is 0 Å². The predicted molar refractivity (Wildman–Crippen MR) is 75.9 cm³/mol. The first kappa shape index (κ1) is 19.1. The molecule has 0 aromatic heterocycles. The number of hydrogen-bond acceptors (Lipinski definition) is 6. The molecule has 0 radical (unpaired) electrons. The second kappa shape index (κ2) is 9.07. The minimum absolute atomic E-state index is 0.0412. The molecule has 0 rings (SSSR count). The molecule has 0 aliphatic heterocycles. The summed E-state index contributed by atoms with van der Waals surface area (Å²) in [4.78, 5) is 11.4. The minimum atomic E-state index is -1.35. The summed E-state index contributed by atoms with van der Waals surface area (Å²) in [6.07, 6.45) is 0.0326. The van der Waals surface area contributed by atoms with Crippen LogP contribution in [0, 0.1) is 0 Å². The molecule has 1 unspecified atom stereocenters. The largest absolute Gasteiger partial charge is 0.463 e. The summed E-state index contributed by atoms with van der Waals surface area (Å²) in [6.45, 7) is 8.72. The van der Waals surface area contributed by atoms with Crippen molar-refractivity contribution in [3.8, 4) is 0 Å². The molecular formula is C14H27NO5. The molecule has 0 heterocycles. The van der Waals surface area contributed by atoms with Gasteiger partial charge in [-0.15, -0.1) is 0 Å². The van der Waals surface area contributed by atoms with Crippen LogP contribution in [0.25, 0.3) is 0 Å². The van der Waals surface area contributed by atoms with E-state index in [4.69, 9.17) is 15.2 Å². The van der Waals surface area contributed by atoms with Gasteiger partial charge in [0.05, 0.1) is 18.8 Å². The van der Waals surface area contributed by atoms with Gasteiger partial charge in [-0.1, -0.05) is 6.58 Å². The van der Waals surface area contributed by atoms with Gasteiger partial charge in [0.15, 0.2) is 5.79 Å². The number of aliphatic hydroxyl groups is 2. The molecule has 0 fully saturated rings. The Kier molecular flexibility index (Phi) is 8.64. The predicted octanol–water partition coefficient (Wildman–Crippen LogP) is 0.709. The van der Waals surface area contributed by atoms with Crippen LogP contribution in [0.5, 0.6) is 0 Å². The Morgan fingerprint density at radius 3 is 2.50 bits per heavy atom. The number of rotatable bonds is 10. The molecule has 0 bridgehead atoms. The summed E-state index contributed by atoms with van der Waals surface area (Å²) in [7, 11) is 0. The Balaban J connectivity index is 4.27. The van der Waals surface area contributed by atoms with E-state index in [2.05, 4.69) is 6.58 Å². The van der Waals surface area contributed by atoms with Crippen molar-refractivity contribution in [3.63, 3.8) is 0 Å². The molecule has 0 spiro atoms. The van der Waals surface area contributed by atoms with E-state index in [9.17, 15) is 15.0 Å². The van der Waals surface area contributed by atoms with E-state index < -0.39 is 24.0 Å². The number of aliphatic hydroxyl groups excluding tert-OH is 1. The van der Waals surface area contributed by atoms with Crippen LogP contribution >= 0.6 is 0 Å². The van der Waals surface area contributed by atoms with E-state index in [1.165, 1.54) is 13.8 Å². The maximum atomic E-state index is 11.4. The van der Waals surface area contributed by atoms with E-state index in [0.29, 0.717) is 31.4 Å². The zero-order valence-electron chi connectivity index (χ0n) is 12.6. The van der Waals surface area contributed by atoms with Crippen molar-refractivity contribution in [2.75, 3.05) is 13.2 Å². The monoisotopic (exact) mass is 289 g/mol. The number of esters is 1. The molecule has 2 atom stereocenters. The maximum Gasteiger partial charge on any atom is 0.333 e. The molecule has 0 aromatic carbocycles. The Labute approximate surface area is 120 Å². The third-order valence-electron chi connectivity index (χ3n) is 2.64. The Hall–Kier alpha value is -0.950. The molecular weight excluding hydrogens is 262 g/mol. The van der Waals surface area contributed by atoms with Crippen molar-refractivity contribution >= 4 is 5.97 Å². The molecule has 118 valence electrons. The first-order valence-electron chi connectivity index (χ1n) is 6.84. The summed E-state index contributed by atoms with van der Waals surface area (Å²) >= 11 is 0. The number of ether oxygens (including phenoxy) is 2. The fourth-order valence-corrected chi connectivity index (χ4v) is 1.70. The summed E-state index contributed by atoms with van der Waals surface area (Å²) in [5.74, 6) is -1.76. The smallest absolute Gasteiger partial charge is 0.333 e. The fraction of sp³-hybridized carbons (Fsp3) is 0.786. The van der Waals surface area contributed by atoms with E-state index in [1.807, 2.05) is 0 Å². The molecule has 0 amide bonds. The fourth-order valence-electron chi connectivity index (χ4n) is 1.70. The van der Waals surface area contributed by atoms with Gasteiger partial charge in [0.1, 0.15) is 0 Å². The second-order valence-electron chi connectivity index (χ2n) is 5.12. The van der Waals surface area contributed by atoms with Gasteiger partial charge in [-0.25, -0.2) is 4.79 Å². The topological polar surface area (TPSA) is 102 Å². The highest BCUT2D eigenvalue weighted by molar-refractivity contribution is 5.87. The van der Waals surface area contributed by atoms with Gasteiger partial charge in [-0.05, 0) is 40.0 Å². The molecule has 0 saturated heterocycles. The second-order valence-corrected chi connectivity index (χ2v) is 5.12. The first-order chi connectivity index (χ1) is 9.21. The molecule has 0 aliphatic carbocycles. The maximum absolute atomic E-state index is 11.4. The molecule has 6 heteroatoms. The van der Waals surface area contributed by atoms with Crippen molar-refractivity contribution in [2.24, 2.45) is 5.73 Å². The number of carbonyl (C=O) groups is 1. The lowest BCUT2D eigenvalue weighted by Crippen LogP contribution is -2.41. The van der Waals surface area contributed by atoms with Crippen LogP contribution in [0.2, 0.25) is 0 Å². The van der Waals surface area contributed by atoms with Gasteiger partial charge in [-0.3, -0.25) is 0 Å². The highest BCUT2D eigenvalue weighted by atomic mass is 16.6. The lowest BCUT2D eigenvalue weighted by Gasteiger charge is -2.29. The van der Waals surface area contributed by atoms with Crippen LogP contribution in [0.4, 0.5) is 0 Å². The third kappa shape index (κ3) is 8.27. The van der Waals surface area contributed by atoms with Gasteiger partial charge < -0.3 is 25.4 Å². The summed E-state index contributed by atoms with van der Waals surface area (Å²) in [6, 6.07) is 0. The average molecular weight is 289 g/mol. The lowest BCUT2D eigenvalue weighted by atomic mass is 10.0. The number of hydrogen-bond donors (Lipinski definition) is 3. The van der Waals surface area contributed by atoms with Gasteiger partial charge in [-0.2, -0.15) is 0 Å². The summed E-state index contributed by atoms with van der Waals surface area (Å²) < 4.78 is 10.2. The van der Waals surface area contributed by atoms with Gasteiger partial charge in [0.2, 0.25) is 0 Å². The highest BCUT2D eigenvalue weighted by Gasteiger charge is 2.25. The average Bonchev–Trinajstić information content (AvgIpc) is 2.35. The highest BCUT2D eigenvalue weighted by Crippen LogP contribution is 2.18. The molecule has 0 saturated carbocycles. The van der Waals surface area contributed by atoms with E-state index >= 15 is 0 Å². The van der Waals surface area contributed by atoms with Crippen LogP contribution < -0.4 is 5.73 Å². The molecule has 0 aromatic rings. The summed E-state index contributed by atoms with van der Waals surface area (Å²) in [5.41, 5.74) is 5.79. The standard InChI is InChI=1S/C14H27NO5/c1-5-19-13(17)10(2)7-6-8-12(11(16)9-15)20-14(3,4)18/h11-12,16,18H,2,5-9,15H2,1,3-4H3/t11-,12?/m1/s1. The van der Waals surface area contributed by atoms with Crippen LogP contribution in [0.15, 0.2) is 12.2 Å². The molecule has 6 nitrogen and oxygen atoms in total. The molecule has 20 heavy (non-hydrogen) atoms. The van der Waals surface area contributed by atoms with E-state index in [-0.39, 0.29) is 6.54 Å². The van der Waals surface area contributed by atoms with Crippen molar-refractivity contribution < 1.29 is 24.5 Å². The normalized spacial score (nSPS) is 14.7. The van der Waals surface area contributed by atoms with Gasteiger partial charge >= 0.3 is 5.97 Å². The lowest BCUT2D eigenvalue weighted by molar-refractivity contribution is -0.225. The summed E-state index contributed by atoms with van der Waals surface area (Å²) in [5, 5.41) is 19.4. The quantitative estimate of drug-likeness (QED) is 0.311. The zero-order chi connectivity index (χ0) is 15.8. The van der Waals surface area contributed by atoms with Crippen LogP contribution in [-0.2, 0) is 14.3 Å².